The zero-order valence-electron chi connectivity index (χ0n) is 25.9. The lowest BCUT2D eigenvalue weighted by Crippen LogP contribution is -2.58. The molecule has 206 valence electrons. The van der Waals surface area contributed by atoms with E-state index in [4.69, 9.17) is 4.74 Å². The highest BCUT2D eigenvalue weighted by atomic mass is 16.5. The Balaban J connectivity index is 1.59. The normalized spacial score (nSPS) is 42.7. The molecule has 1 heteroatoms. The van der Waals surface area contributed by atoms with Crippen LogP contribution in [0.5, 0.6) is 0 Å². The van der Waals surface area contributed by atoms with Crippen LogP contribution in [0.2, 0.25) is 0 Å². The van der Waals surface area contributed by atoms with Crippen molar-refractivity contribution in [2.75, 3.05) is 7.11 Å². The molecule has 0 amide bonds. The van der Waals surface area contributed by atoms with Gasteiger partial charge in [0.1, 0.15) is 0 Å². The Morgan fingerprint density at radius 1 is 1.03 bits per heavy atom. The molecule has 0 saturated heterocycles. The number of rotatable bonds is 8. The van der Waals surface area contributed by atoms with Gasteiger partial charge in [-0.1, -0.05) is 79.2 Å². The minimum Gasteiger partial charge on any atom is -0.381 e. The fourth-order valence-corrected chi connectivity index (χ4v) is 11.2. The lowest BCUT2D eigenvalue weighted by Gasteiger charge is -2.64. The van der Waals surface area contributed by atoms with Crippen molar-refractivity contribution >= 4 is 0 Å². The molecule has 36 heavy (non-hydrogen) atoms. The summed E-state index contributed by atoms with van der Waals surface area (Å²) in [5, 5.41) is 0. The number of ether oxygens (including phenoxy) is 1. The maximum Gasteiger partial charge on any atom is 0.0625 e. The zero-order valence-corrected chi connectivity index (χ0v) is 25.9. The summed E-state index contributed by atoms with van der Waals surface area (Å²) in [6.45, 7) is 27.1. The van der Waals surface area contributed by atoms with Crippen LogP contribution < -0.4 is 0 Å². The molecule has 3 saturated carbocycles. The van der Waals surface area contributed by atoms with Gasteiger partial charge in [0.2, 0.25) is 0 Å². The van der Waals surface area contributed by atoms with Gasteiger partial charge in [-0.05, 0) is 128 Å². The molecule has 0 spiro atoms. The molecular weight excluding hydrogens is 436 g/mol. The van der Waals surface area contributed by atoms with Crippen LogP contribution in [0.3, 0.4) is 0 Å². The third-order valence-electron chi connectivity index (χ3n) is 14.1. The lowest BCUT2D eigenvalue weighted by atomic mass is 9.41. The van der Waals surface area contributed by atoms with E-state index in [-0.39, 0.29) is 5.41 Å². The van der Waals surface area contributed by atoms with Gasteiger partial charge in [0.05, 0.1) is 6.10 Å². The lowest BCUT2D eigenvalue weighted by molar-refractivity contribution is -0.130. The second-order valence-corrected chi connectivity index (χ2v) is 15.3. The third kappa shape index (κ3) is 3.86. The maximum atomic E-state index is 6.03. The van der Waals surface area contributed by atoms with Crippen LogP contribution >= 0.6 is 0 Å². The first-order valence-electron chi connectivity index (χ1n) is 15.7. The molecule has 4 aliphatic rings. The molecule has 0 aromatic rings. The van der Waals surface area contributed by atoms with Crippen LogP contribution in [0.1, 0.15) is 133 Å². The summed E-state index contributed by atoms with van der Waals surface area (Å²) in [6.07, 6.45) is 17.8. The summed E-state index contributed by atoms with van der Waals surface area (Å²) >= 11 is 0. The van der Waals surface area contributed by atoms with E-state index in [0.29, 0.717) is 27.8 Å². The van der Waals surface area contributed by atoms with Crippen molar-refractivity contribution in [2.24, 2.45) is 50.7 Å². The van der Waals surface area contributed by atoms with Gasteiger partial charge in [0.15, 0.2) is 0 Å². The van der Waals surface area contributed by atoms with Crippen molar-refractivity contribution < 1.29 is 4.74 Å². The number of methoxy groups -OCH3 is 1. The Morgan fingerprint density at radius 3 is 2.28 bits per heavy atom. The highest BCUT2D eigenvalue weighted by molar-refractivity contribution is 5.32. The Kier molecular flexibility index (Phi) is 7.56. The van der Waals surface area contributed by atoms with E-state index in [1.165, 1.54) is 76.2 Å². The highest BCUT2D eigenvalue weighted by Crippen LogP contribution is 2.73. The average molecular weight is 497 g/mol. The van der Waals surface area contributed by atoms with Crippen LogP contribution in [0, 0.1) is 50.7 Å². The first-order valence-corrected chi connectivity index (χ1v) is 15.7. The maximum absolute atomic E-state index is 6.03. The molecule has 0 N–H and O–H groups in total. The Hall–Kier alpha value is -0.560. The Bertz CT molecular complexity index is 860. The molecular formula is C35H60O. The Labute approximate surface area is 225 Å². The van der Waals surface area contributed by atoms with E-state index in [2.05, 4.69) is 75.0 Å². The molecule has 4 rings (SSSR count). The van der Waals surface area contributed by atoms with Gasteiger partial charge in [0, 0.05) is 7.11 Å². The predicted octanol–water partition coefficient (Wildman–Crippen LogP) is 10.4. The van der Waals surface area contributed by atoms with Gasteiger partial charge in [-0.25, -0.2) is 0 Å². The summed E-state index contributed by atoms with van der Waals surface area (Å²) in [5.74, 6) is 3.17. The van der Waals surface area contributed by atoms with Crippen LogP contribution in [0.15, 0.2) is 23.8 Å². The second-order valence-electron chi connectivity index (χ2n) is 15.3. The van der Waals surface area contributed by atoms with Crippen molar-refractivity contribution in [3.05, 3.63) is 23.8 Å². The average Bonchev–Trinajstić information content (AvgIpc) is 3.11. The predicted molar refractivity (Wildman–Crippen MR) is 156 cm³/mol. The number of allylic oxidation sites excluding steroid dienone is 3. The molecule has 8 atom stereocenters. The van der Waals surface area contributed by atoms with Gasteiger partial charge in [0.25, 0.3) is 0 Å². The summed E-state index contributed by atoms with van der Waals surface area (Å²) < 4.78 is 6.03. The monoisotopic (exact) mass is 496 g/mol. The standard InChI is InChI=1S/C35H60O/c1-12-35(13-2,24(3)4)23-16-25(5)26-17-21-34(10)28-14-15-29-31(6,7)30(36-11)19-20-32(29,8)27(28)18-22-33(26,34)9/h18,25-26,28-30H,3,12-17,19-23H2,1-2,4-11H3/t25-,26+,28-,29-,30+,32-,33-,34+/m1/s1. The van der Waals surface area contributed by atoms with Crippen molar-refractivity contribution in [1.82, 2.24) is 0 Å². The van der Waals surface area contributed by atoms with Gasteiger partial charge >= 0.3 is 0 Å². The number of fused-ring (bicyclic) bond motifs is 5. The summed E-state index contributed by atoms with van der Waals surface area (Å²) in [5.41, 5.74) is 5.13. The smallest absolute Gasteiger partial charge is 0.0625 e. The topological polar surface area (TPSA) is 9.23 Å². The van der Waals surface area contributed by atoms with Crippen molar-refractivity contribution in [2.45, 2.75) is 139 Å². The molecule has 0 bridgehead atoms. The quantitative estimate of drug-likeness (QED) is 0.304. The summed E-state index contributed by atoms with van der Waals surface area (Å²) in [4.78, 5) is 0. The first-order chi connectivity index (χ1) is 16.8. The minimum absolute atomic E-state index is 0.260. The van der Waals surface area contributed by atoms with E-state index in [0.717, 1.165) is 23.7 Å². The zero-order chi connectivity index (χ0) is 26.7. The largest absolute Gasteiger partial charge is 0.381 e. The summed E-state index contributed by atoms with van der Waals surface area (Å²) in [6, 6.07) is 0. The van der Waals surface area contributed by atoms with Crippen LogP contribution in [0.4, 0.5) is 0 Å². The SMILES string of the molecule is C=C(C)C(CC)(CC)CC[C@@H](C)[C@@H]1CC[C@@]2(C)[C@@H]3CC[C@@H]4C(C)(C)[C@@H](OC)CC[C@]4(C)C3=CC[C@]12C. The molecule has 0 radical (unpaired) electrons. The molecule has 1 nitrogen and oxygen atoms in total. The van der Waals surface area contributed by atoms with Crippen LogP contribution in [-0.4, -0.2) is 13.2 Å². The number of hydrogen-bond donors (Lipinski definition) is 0. The molecule has 0 aliphatic heterocycles. The van der Waals surface area contributed by atoms with E-state index < -0.39 is 0 Å². The minimum atomic E-state index is 0.260. The first kappa shape index (κ1) is 28.4. The van der Waals surface area contributed by atoms with Crippen molar-refractivity contribution in [1.29, 1.82) is 0 Å². The molecule has 4 aliphatic carbocycles. The van der Waals surface area contributed by atoms with Crippen LogP contribution in [-0.2, 0) is 4.74 Å². The highest BCUT2D eigenvalue weighted by Gasteiger charge is 2.65. The summed E-state index contributed by atoms with van der Waals surface area (Å²) in [7, 11) is 1.94. The van der Waals surface area contributed by atoms with E-state index in [1.54, 1.807) is 0 Å². The molecule has 3 fully saturated rings. The van der Waals surface area contributed by atoms with Gasteiger partial charge < -0.3 is 4.74 Å². The van der Waals surface area contributed by atoms with Crippen molar-refractivity contribution in [3.8, 4) is 0 Å². The van der Waals surface area contributed by atoms with E-state index in [9.17, 15) is 0 Å². The fourth-order valence-electron chi connectivity index (χ4n) is 11.2. The second kappa shape index (κ2) is 9.57. The van der Waals surface area contributed by atoms with E-state index in [1.807, 2.05) is 12.7 Å². The van der Waals surface area contributed by atoms with Crippen molar-refractivity contribution in [3.63, 3.8) is 0 Å². The van der Waals surface area contributed by atoms with E-state index >= 15 is 0 Å². The molecule has 0 unspecified atom stereocenters. The molecule has 0 aromatic heterocycles. The number of hydrogen-bond acceptors (Lipinski definition) is 1. The molecule has 0 aromatic carbocycles. The Morgan fingerprint density at radius 2 is 1.69 bits per heavy atom. The fraction of sp³-hybridized carbons (Fsp3) is 0.886. The third-order valence-corrected chi connectivity index (χ3v) is 14.1. The van der Waals surface area contributed by atoms with Gasteiger partial charge in [-0.3, -0.25) is 0 Å². The van der Waals surface area contributed by atoms with Gasteiger partial charge in [-0.15, -0.1) is 0 Å². The van der Waals surface area contributed by atoms with Crippen LogP contribution in [0.25, 0.3) is 0 Å². The van der Waals surface area contributed by atoms with Gasteiger partial charge in [-0.2, -0.15) is 0 Å². The molecule has 0 heterocycles.